The Morgan fingerprint density at radius 2 is 2.25 bits per heavy atom. The average Bonchev–Trinajstić information content (AvgIpc) is 2.18. The van der Waals surface area contributed by atoms with Crippen LogP contribution in [-0.4, -0.2) is 21.0 Å². The summed E-state index contributed by atoms with van der Waals surface area (Å²) in [6.45, 7) is 0. The first kappa shape index (κ1) is 10.3. The van der Waals surface area contributed by atoms with Gasteiger partial charge in [0, 0.05) is 0 Å². The summed E-state index contributed by atoms with van der Waals surface area (Å²) in [4.78, 5) is 28.1. The highest BCUT2D eigenvalue weighted by Gasteiger charge is 2.07. The standard InChI is InChI=1S/C10H7FN2O3/c11-5-1-2-7-6(3-5)10(16)13-8(12-7)4-9(14)15/h1-3H,4H2,(H,14,15)(H,12,13,16). The molecule has 0 saturated carbocycles. The molecular formula is C10H7FN2O3. The number of nitrogens with zero attached hydrogens (tertiary/aromatic N) is 1. The Labute approximate surface area is 88.6 Å². The van der Waals surface area contributed by atoms with Crippen LogP contribution in [0.4, 0.5) is 4.39 Å². The highest BCUT2D eigenvalue weighted by molar-refractivity contribution is 5.78. The van der Waals surface area contributed by atoms with Gasteiger partial charge in [-0.15, -0.1) is 0 Å². The van der Waals surface area contributed by atoms with E-state index in [0.717, 1.165) is 6.07 Å². The number of rotatable bonds is 2. The molecule has 0 radical (unpaired) electrons. The number of benzene rings is 1. The Kier molecular flexibility index (Phi) is 2.40. The third-order valence-electron chi connectivity index (χ3n) is 2.04. The average molecular weight is 222 g/mol. The van der Waals surface area contributed by atoms with Crippen LogP contribution in [0.25, 0.3) is 10.9 Å². The number of carbonyl (C=O) groups is 1. The number of aromatic nitrogens is 2. The van der Waals surface area contributed by atoms with Gasteiger partial charge in [0.25, 0.3) is 5.56 Å². The van der Waals surface area contributed by atoms with E-state index in [1.54, 1.807) is 0 Å². The van der Waals surface area contributed by atoms with Crippen molar-refractivity contribution in [2.24, 2.45) is 0 Å². The Morgan fingerprint density at radius 3 is 2.94 bits per heavy atom. The molecular weight excluding hydrogens is 215 g/mol. The number of aromatic amines is 1. The Morgan fingerprint density at radius 1 is 1.50 bits per heavy atom. The van der Waals surface area contributed by atoms with E-state index < -0.39 is 17.3 Å². The fourth-order valence-electron chi connectivity index (χ4n) is 1.39. The van der Waals surface area contributed by atoms with Crippen LogP contribution < -0.4 is 5.56 Å². The molecule has 0 aliphatic carbocycles. The summed E-state index contributed by atoms with van der Waals surface area (Å²) < 4.78 is 12.9. The van der Waals surface area contributed by atoms with Crippen LogP contribution >= 0.6 is 0 Å². The molecule has 0 aliphatic heterocycles. The molecule has 0 amide bonds. The SMILES string of the molecule is O=C(O)Cc1nc2ccc(F)cc2c(=O)[nH]1. The van der Waals surface area contributed by atoms with Gasteiger partial charge in [-0.2, -0.15) is 0 Å². The van der Waals surface area contributed by atoms with Gasteiger partial charge in [0.15, 0.2) is 0 Å². The first-order valence-corrected chi connectivity index (χ1v) is 4.46. The van der Waals surface area contributed by atoms with Crippen molar-refractivity contribution in [3.05, 3.63) is 40.2 Å². The van der Waals surface area contributed by atoms with Crippen LogP contribution in [-0.2, 0) is 11.2 Å². The molecule has 1 heterocycles. The minimum Gasteiger partial charge on any atom is -0.481 e. The Balaban J connectivity index is 2.64. The summed E-state index contributed by atoms with van der Waals surface area (Å²) >= 11 is 0. The molecule has 0 atom stereocenters. The zero-order valence-corrected chi connectivity index (χ0v) is 8.03. The van der Waals surface area contributed by atoms with Crippen LogP contribution in [0, 0.1) is 5.82 Å². The fraction of sp³-hybridized carbons (Fsp3) is 0.100. The van der Waals surface area contributed by atoms with Crippen molar-refractivity contribution < 1.29 is 14.3 Å². The maximum atomic E-state index is 12.9. The Bertz CT molecular complexity index is 621. The van der Waals surface area contributed by atoms with Crippen molar-refractivity contribution in [1.82, 2.24) is 9.97 Å². The van der Waals surface area contributed by atoms with Gasteiger partial charge in [-0.25, -0.2) is 9.37 Å². The van der Waals surface area contributed by atoms with E-state index in [1.807, 2.05) is 0 Å². The molecule has 1 aromatic heterocycles. The van der Waals surface area contributed by atoms with Gasteiger partial charge in [-0.3, -0.25) is 9.59 Å². The van der Waals surface area contributed by atoms with E-state index in [2.05, 4.69) is 9.97 Å². The van der Waals surface area contributed by atoms with Crippen LogP contribution in [0.2, 0.25) is 0 Å². The molecule has 2 aromatic rings. The maximum Gasteiger partial charge on any atom is 0.311 e. The molecule has 0 bridgehead atoms. The number of fused-ring (bicyclic) bond motifs is 1. The van der Waals surface area contributed by atoms with E-state index in [1.165, 1.54) is 12.1 Å². The minimum atomic E-state index is -1.09. The first-order valence-electron chi connectivity index (χ1n) is 4.46. The predicted octanol–water partition coefficient (Wildman–Crippen LogP) is 0.689. The molecule has 0 spiro atoms. The smallest absolute Gasteiger partial charge is 0.311 e. The summed E-state index contributed by atoms with van der Waals surface area (Å²) in [5.74, 6) is -1.58. The molecule has 0 unspecified atom stereocenters. The second kappa shape index (κ2) is 3.73. The van der Waals surface area contributed by atoms with Crippen molar-refractivity contribution in [1.29, 1.82) is 0 Å². The van der Waals surface area contributed by atoms with Gasteiger partial charge in [0.05, 0.1) is 10.9 Å². The normalized spacial score (nSPS) is 10.6. The molecule has 0 saturated heterocycles. The zero-order chi connectivity index (χ0) is 11.7. The molecule has 16 heavy (non-hydrogen) atoms. The monoisotopic (exact) mass is 222 g/mol. The van der Waals surface area contributed by atoms with Crippen LogP contribution in [0.3, 0.4) is 0 Å². The summed E-state index contributed by atoms with van der Waals surface area (Å²) in [6, 6.07) is 3.57. The highest BCUT2D eigenvalue weighted by atomic mass is 19.1. The summed E-state index contributed by atoms with van der Waals surface area (Å²) in [5.41, 5.74) is -0.262. The van der Waals surface area contributed by atoms with Crippen LogP contribution in [0.5, 0.6) is 0 Å². The topological polar surface area (TPSA) is 83.0 Å². The fourth-order valence-corrected chi connectivity index (χ4v) is 1.39. The quantitative estimate of drug-likeness (QED) is 0.783. The van der Waals surface area contributed by atoms with Gasteiger partial charge in [0.2, 0.25) is 0 Å². The third kappa shape index (κ3) is 1.90. The minimum absolute atomic E-state index is 0.0524. The predicted molar refractivity (Wildman–Crippen MR) is 53.7 cm³/mol. The van der Waals surface area contributed by atoms with Gasteiger partial charge >= 0.3 is 5.97 Å². The number of hydrogen-bond acceptors (Lipinski definition) is 3. The van der Waals surface area contributed by atoms with E-state index in [0.29, 0.717) is 0 Å². The second-order valence-corrected chi connectivity index (χ2v) is 3.24. The number of carboxylic acid groups (broad SMARTS) is 1. The highest BCUT2D eigenvalue weighted by Crippen LogP contribution is 2.09. The molecule has 6 heteroatoms. The molecule has 82 valence electrons. The lowest BCUT2D eigenvalue weighted by Gasteiger charge is -2.00. The molecule has 0 fully saturated rings. The number of hydrogen-bond donors (Lipinski definition) is 2. The van der Waals surface area contributed by atoms with E-state index in [9.17, 15) is 14.0 Å². The molecule has 2 N–H and O–H groups in total. The summed E-state index contributed by atoms with van der Waals surface area (Å²) in [6.07, 6.45) is -0.372. The first-order chi connectivity index (χ1) is 7.56. The van der Waals surface area contributed by atoms with Crippen molar-refractivity contribution in [3.8, 4) is 0 Å². The van der Waals surface area contributed by atoms with Crippen molar-refractivity contribution >= 4 is 16.9 Å². The molecule has 1 aromatic carbocycles. The molecule has 5 nitrogen and oxygen atoms in total. The van der Waals surface area contributed by atoms with Gasteiger partial charge in [0.1, 0.15) is 18.1 Å². The summed E-state index contributed by atoms with van der Waals surface area (Å²) in [7, 11) is 0. The zero-order valence-electron chi connectivity index (χ0n) is 8.03. The van der Waals surface area contributed by atoms with E-state index >= 15 is 0 Å². The molecule has 0 aliphatic rings. The lowest BCUT2D eigenvalue weighted by atomic mass is 10.2. The Hall–Kier alpha value is -2.24. The van der Waals surface area contributed by atoms with Crippen LogP contribution in [0.1, 0.15) is 5.82 Å². The third-order valence-corrected chi connectivity index (χ3v) is 2.04. The number of halogens is 1. The van der Waals surface area contributed by atoms with Crippen LogP contribution in [0.15, 0.2) is 23.0 Å². The second-order valence-electron chi connectivity index (χ2n) is 3.24. The van der Waals surface area contributed by atoms with Crippen molar-refractivity contribution in [2.45, 2.75) is 6.42 Å². The number of nitrogens with one attached hydrogen (secondary N) is 1. The van der Waals surface area contributed by atoms with Gasteiger partial charge in [-0.05, 0) is 18.2 Å². The van der Waals surface area contributed by atoms with Gasteiger partial charge < -0.3 is 10.1 Å². The lowest BCUT2D eigenvalue weighted by Crippen LogP contribution is -2.14. The number of aliphatic carboxylic acids is 1. The van der Waals surface area contributed by atoms with Crippen molar-refractivity contribution in [2.75, 3.05) is 0 Å². The number of H-pyrrole nitrogens is 1. The molecule has 2 rings (SSSR count). The van der Waals surface area contributed by atoms with E-state index in [4.69, 9.17) is 5.11 Å². The lowest BCUT2D eigenvalue weighted by molar-refractivity contribution is -0.136. The van der Waals surface area contributed by atoms with E-state index in [-0.39, 0.29) is 23.1 Å². The maximum absolute atomic E-state index is 12.9. The van der Waals surface area contributed by atoms with Gasteiger partial charge in [-0.1, -0.05) is 0 Å². The number of carboxylic acids is 1. The summed E-state index contributed by atoms with van der Waals surface area (Å²) in [5, 5.41) is 8.66. The van der Waals surface area contributed by atoms with Crippen molar-refractivity contribution in [3.63, 3.8) is 0 Å². The largest absolute Gasteiger partial charge is 0.481 e.